The second-order valence-electron chi connectivity index (χ2n) is 7.02. The number of nitrogens with one attached hydrogen (secondary N) is 2. The molecular formula is C22H32FIN6O. The summed E-state index contributed by atoms with van der Waals surface area (Å²) < 4.78 is 18.5. The van der Waals surface area contributed by atoms with Crippen molar-refractivity contribution in [3.8, 4) is 0 Å². The molecule has 0 radical (unpaired) electrons. The van der Waals surface area contributed by atoms with E-state index in [2.05, 4.69) is 36.5 Å². The van der Waals surface area contributed by atoms with Gasteiger partial charge in [0.05, 0.1) is 6.61 Å². The third-order valence-corrected chi connectivity index (χ3v) is 5.03. The number of hydrogen-bond donors (Lipinski definition) is 2. The summed E-state index contributed by atoms with van der Waals surface area (Å²) >= 11 is 0. The van der Waals surface area contributed by atoms with Crippen molar-refractivity contribution in [1.29, 1.82) is 0 Å². The zero-order valence-electron chi connectivity index (χ0n) is 18.2. The van der Waals surface area contributed by atoms with Crippen molar-refractivity contribution in [2.24, 2.45) is 4.99 Å². The van der Waals surface area contributed by atoms with Crippen molar-refractivity contribution in [1.82, 2.24) is 15.6 Å². The van der Waals surface area contributed by atoms with Gasteiger partial charge in [0.2, 0.25) is 0 Å². The van der Waals surface area contributed by atoms with Crippen LogP contribution in [0.5, 0.6) is 0 Å². The van der Waals surface area contributed by atoms with Crippen molar-refractivity contribution in [3.05, 3.63) is 54.0 Å². The van der Waals surface area contributed by atoms with E-state index in [-0.39, 0.29) is 29.8 Å². The lowest BCUT2D eigenvalue weighted by Crippen LogP contribution is -2.46. The molecule has 2 N–H and O–H groups in total. The number of nitrogens with zero attached hydrogens (tertiary/aromatic N) is 4. The van der Waals surface area contributed by atoms with Crippen molar-refractivity contribution in [3.63, 3.8) is 0 Å². The fourth-order valence-electron chi connectivity index (χ4n) is 3.38. The van der Waals surface area contributed by atoms with Crippen LogP contribution in [0.2, 0.25) is 0 Å². The molecule has 0 amide bonds. The Balaban J connectivity index is 0.00000341. The van der Waals surface area contributed by atoms with Crippen molar-refractivity contribution in [2.45, 2.75) is 13.5 Å². The van der Waals surface area contributed by atoms with Crippen LogP contribution in [0.3, 0.4) is 0 Å². The number of benzene rings is 1. The van der Waals surface area contributed by atoms with Gasteiger partial charge in [0.1, 0.15) is 11.6 Å². The maximum atomic E-state index is 13.1. The van der Waals surface area contributed by atoms with Crippen LogP contribution in [-0.4, -0.2) is 63.9 Å². The van der Waals surface area contributed by atoms with Crippen LogP contribution in [0, 0.1) is 5.82 Å². The van der Waals surface area contributed by atoms with Gasteiger partial charge >= 0.3 is 0 Å². The van der Waals surface area contributed by atoms with Gasteiger partial charge < -0.3 is 25.2 Å². The Morgan fingerprint density at radius 3 is 2.48 bits per heavy atom. The fourth-order valence-corrected chi connectivity index (χ4v) is 3.38. The summed E-state index contributed by atoms with van der Waals surface area (Å²) in [6.07, 6.45) is 1.85. The number of halogens is 2. The first kappa shape index (κ1) is 25.1. The van der Waals surface area contributed by atoms with Gasteiger partial charge in [-0.2, -0.15) is 0 Å². The summed E-state index contributed by atoms with van der Waals surface area (Å²) in [5.74, 6) is 1.53. The predicted molar refractivity (Wildman–Crippen MR) is 135 cm³/mol. The molecule has 7 nitrogen and oxygen atoms in total. The third kappa shape index (κ3) is 7.80. The highest BCUT2D eigenvalue weighted by Gasteiger charge is 2.18. The van der Waals surface area contributed by atoms with E-state index in [0.717, 1.165) is 49.2 Å². The molecule has 3 rings (SSSR count). The van der Waals surface area contributed by atoms with Crippen LogP contribution in [0.1, 0.15) is 12.5 Å². The van der Waals surface area contributed by atoms with Gasteiger partial charge in [-0.05, 0) is 48.9 Å². The molecule has 0 spiro atoms. The summed E-state index contributed by atoms with van der Waals surface area (Å²) in [7, 11) is 1.76. The molecule has 2 heterocycles. The lowest BCUT2D eigenvalue weighted by Gasteiger charge is -2.36. The summed E-state index contributed by atoms with van der Waals surface area (Å²) in [5.41, 5.74) is 2.21. The molecular weight excluding hydrogens is 510 g/mol. The minimum atomic E-state index is -0.201. The first-order valence-electron chi connectivity index (χ1n) is 10.4. The second kappa shape index (κ2) is 13.3. The lowest BCUT2D eigenvalue weighted by molar-refractivity contribution is 0.152. The monoisotopic (exact) mass is 542 g/mol. The van der Waals surface area contributed by atoms with E-state index in [9.17, 15) is 4.39 Å². The molecule has 0 bridgehead atoms. The molecule has 31 heavy (non-hydrogen) atoms. The molecule has 0 aliphatic carbocycles. The lowest BCUT2D eigenvalue weighted by atomic mass is 10.2. The molecule has 0 saturated carbocycles. The average molecular weight is 542 g/mol. The Morgan fingerprint density at radius 1 is 1.10 bits per heavy atom. The standard InChI is InChI=1S/C22H31FN6O.HI/c1-3-30-15-10-26-22(24-2)27-17-18-8-9-25-21(16-18)29-13-11-28(12-14-29)20-6-4-19(23)5-7-20;/h4-9,16H,3,10-15,17H2,1-2H3,(H2,24,26,27);1H. The van der Waals surface area contributed by atoms with E-state index in [1.54, 1.807) is 7.05 Å². The SMILES string of the molecule is CCOCCNC(=NC)NCc1ccnc(N2CCN(c3ccc(F)cc3)CC2)c1.I. The van der Waals surface area contributed by atoms with Crippen LogP contribution in [0.15, 0.2) is 47.6 Å². The Bertz CT molecular complexity index is 812. The summed E-state index contributed by atoms with van der Waals surface area (Å²) in [4.78, 5) is 13.4. The number of ether oxygens (including phenoxy) is 1. The highest BCUT2D eigenvalue weighted by Crippen LogP contribution is 2.20. The normalized spacial score (nSPS) is 14.2. The van der Waals surface area contributed by atoms with Gasteiger partial charge in [-0.1, -0.05) is 0 Å². The first-order chi connectivity index (χ1) is 14.7. The van der Waals surface area contributed by atoms with E-state index >= 15 is 0 Å². The molecule has 1 aliphatic rings. The van der Waals surface area contributed by atoms with Crippen LogP contribution >= 0.6 is 24.0 Å². The van der Waals surface area contributed by atoms with E-state index in [1.165, 1.54) is 12.1 Å². The Labute approximate surface area is 201 Å². The number of pyridine rings is 1. The Hall–Kier alpha value is -2.14. The number of hydrogen-bond acceptors (Lipinski definition) is 5. The largest absolute Gasteiger partial charge is 0.380 e. The number of anilines is 2. The maximum absolute atomic E-state index is 13.1. The molecule has 1 aromatic heterocycles. The van der Waals surface area contributed by atoms with E-state index in [0.29, 0.717) is 26.3 Å². The van der Waals surface area contributed by atoms with E-state index in [1.807, 2.05) is 31.3 Å². The summed E-state index contributed by atoms with van der Waals surface area (Å²) in [5, 5.41) is 6.56. The molecule has 0 unspecified atom stereocenters. The smallest absolute Gasteiger partial charge is 0.191 e. The van der Waals surface area contributed by atoms with Gasteiger partial charge in [0.25, 0.3) is 0 Å². The fraction of sp³-hybridized carbons (Fsp3) is 0.455. The summed E-state index contributed by atoms with van der Waals surface area (Å²) in [6.45, 7) is 8.25. The third-order valence-electron chi connectivity index (χ3n) is 5.03. The number of aliphatic imine (C=N–C) groups is 1. The van der Waals surface area contributed by atoms with Gasteiger partial charge in [-0.15, -0.1) is 24.0 Å². The molecule has 1 saturated heterocycles. The molecule has 170 valence electrons. The molecule has 1 aliphatic heterocycles. The van der Waals surface area contributed by atoms with Crippen molar-refractivity contribution >= 4 is 41.4 Å². The topological polar surface area (TPSA) is 65.0 Å². The van der Waals surface area contributed by atoms with Gasteiger partial charge in [-0.25, -0.2) is 9.37 Å². The van der Waals surface area contributed by atoms with Gasteiger partial charge in [-0.3, -0.25) is 4.99 Å². The number of aromatic nitrogens is 1. The van der Waals surface area contributed by atoms with Crippen LogP contribution < -0.4 is 20.4 Å². The average Bonchev–Trinajstić information content (AvgIpc) is 2.79. The van der Waals surface area contributed by atoms with Crippen LogP contribution in [0.4, 0.5) is 15.9 Å². The van der Waals surface area contributed by atoms with Crippen LogP contribution in [-0.2, 0) is 11.3 Å². The number of piperazine rings is 1. The van der Waals surface area contributed by atoms with Crippen molar-refractivity contribution < 1.29 is 9.13 Å². The zero-order valence-corrected chi connectivity index (χ0v) is 20.5. The minimum Gasteiger partial charge on any atom is -0.380 e. The summed E-state index contributed by atoms with van der Waals surface area (Å²) in [6, 6.07) is 10.8. The van der Waals surface area contributed by atoms with Gasteiger partial charge in [0, 0.05) is 64.8 Å². The van der Waals surface area contributed by atoms with Crippen LogP contribution in [0.25, 0.3) is 0 Å². The molecule has 2 aromatic rings. The maximum Gasteiger partial charge on any atom is 0.191 e. The number of guanidine groups is 1. The minimum absolute atomic E-state index is 0. The highest BCUT2D eigenvalue weighted by atomic mass is 127. The number of rotatable bonds is 8. The second-order valence-corrected chi connectivity index (χ2v) is 7.02. The Morgan fingerprint density at radius 2 is 1.81 bits per heavy atom. The van der Waals surface area contributed by atoms with E-state index < -0.39 is 0 Å². The molecule has 1 fully saturated rings. The molecule has 0 atom stereocenters. The Kier molecular flexibility index (Phi) is 10.8. The van der Waals surface area contributed by atoms with Gasteiger partial charge in [0.15, 0.2) is 5.96 Å². The van der Waals surface area contributed by atoms with Crippen molar-refractivity contribution in [2.75, 3.05) is 62.8 Å². The first-order valence-corrected chi connectivity index (χ1v) is 10.4. The highest BCUT2D eigenvalue weighted by molar-refractivity contribution is 14.0. The predicted octanol–water partition coefficient (Wildman–Crippen LogP) is 2.87. The molecule has 9 heteroatoms. The molecule has 1 aromatic carbocycles. The zero-order chi connectivity index (χ0) is 21.2. The van der Waals surface area contributed by atoms with E-state index in [4.69, 9.17) is 4.74 Å². The quantitative estimate of drug-likeness (QED) is 0.232.